The predicted octanol–water partition coefficient (Wildman–Crippen LogP) is 4.34. The van der Waals surface area contributed by atoms with Crippen molar-refractivity contribution < 1.29 is 9.53 Å². The molecule has 25 heavy (non-hydrogen) atoms. The van der Waals surface area contributed by atoms with Crippen LogP contribution in [-0.4, -0.2) is 34.3 Å². The van der Waals surface area contributed by atoms with Crippen molar-refractivity contribution in [3.63, 3.8) is 0 Å². The first-order chi connectivity index (χ1) is 11.7. The Morgan fingerprint density at radius 2 is 1.88 bits per heavy atom. The molecule has 2 heterocycles. The summed E-state index contributed by atoms with van der Waals surface area (Å²) in [5.74, 6) is 0. The largest absolute Gasteiger partial charge is 0.444 e. The predicted molar refractivity (Wildman–Crippen MR) is 102 cm³/mol. The first kappa shape index (κ1) is 18.0. The van der Waals surface area contributed by atoms with Gasteiger partial charge in [-0.3, -0.25) is 4.79 Å². The highest BCUT2D eigenvalue weighted by atomic mass is 79.9. The van der Waals surface area contributed by atoms with Gasteiger partial charge >= 0.3 is 6.09 Å². The Hall–Kier alpha value is -1.82. The normalized spacial score (nSPS) is 16.2. The van der Waals surface area contributed by atoms with Crippen LogP contribution in [0.5, 0.6) is 0 Å². The van der Waals surface area contributed by atoms with Gasteiger partial charge in [0.1, 0.15) is 5.60 Å². The number of amides is 1. The molecule has 0 atom stereocenters. The molecule has 1 fully saturated rings. The number of aromatic nitrogens is 1. The van der Waals surface area contributed by atoms with Crippen LogP contribution in [0.2, 0.25) is 0 Å². The third-order valence-corrected chi connectivity index (χ3v) is 4.90. The zero-order valence-electron chi connectivity index (χ0n) is 14.8. The van der Waals surface area contributed by atoms with Crippen LogP contribution in [-0.2, 0) is 4.74 Å². The molecule has 0 unspecified atom stereocenters. The molecular weight excluding hydrogens is 384 g/mol. The van der Waals surface area contributed by atoms with E-state index in [1.165, 1.54) is 0 Å². The number of hydrogen-bond donors (Lipinski definition) is 0. The molecule has 6 heteroatoms. The molecule has 5 nitrogen and oxygen atoms in total. The number of carbonyl (C=O) groups is 1. The average molecular weight is 407 g/mol. The summed E-state index contributed by atoms with van der Waals surface area (Å²) in [5.41, 5.74) is -0.460. The Morgan fingerprint density at radius 3 is 2.52 bits per heavy atom. The maximum absolute atomic E-state index is 12.8. The number of benzene rings is 1. The number of hydrogen-bond acceptors (Lipinski definition) is 3. The molecule has 0 radical (unpaired) electrons. The number of halogens is 1. The summed E-state index contributed by atoms with van der Waals surface area (Å²) < 4.78 is 8.19. The monoisotopic (exact) mass is 406 g/mol. The standard InChI is InChI=1S/C19H23BrN2O3/c1-19(2,3)25-18(24)21-9-7-15(8-10-21)22-11-6-13-12-14(20)4-5-16(13)17(22)23/h4-6,11-12,15H,7-10H2,1-3H3. The van der Waals surface area contributed by atoms with Gasteiger partial charge in [-0.05, 0) is 63.3 Å². The molecule has 1 aromatic carbocycles. The Labute approximate surface area is 155 Å². The molecule has 3 rings (SSSR count). The molecular formula is C19H23BrN2O3. The van der Waals surface area contributed by atoms with Crippen LogP contribution < -0.4 is 5.56 Å². The number of fused-ring (bicyclic) bond motifs is 1. The average Bonchev–Trinajstić information content (AvgIpc) is 2.53. The van der Waals surface area contributed by atoms with E-state index in [-0.39, 0.29) is 17.7 Å². The van der Waals surface area contributed by atoms with Gasteiger partial charge in [0.25, 0.3) is 5.56 Å². The first-order valence-corrected chi connectivity index (χ1v) is 9.32. The molecule has 1 saturated heterocycles. The molecule has 0 saturated carbocycles. The van der Waals surface area contributed by atoms with E-state index in [0.717, 1.165) is 28.1 Å². The van der Waals surface area contributed by atoms with Gasteiger partial charge in [0, 0.05) is 35.2 Å². The SMILES string of the molecule is CC(C)(C)OC(=O)N1CCC(n2ccc3cc(Br)ccc3c2=O)CC1. The minimum absolute atomic E-state index is 0.0284. The zero-order chi connectivity index (χ0) is 18.2. The molecule has 1 amide bonds. The van der Waals surface area contributed by atoms with Crippen molar-refractivity contribution in [3.05, 3.63) is 45.3 Å². The van der Waals surface area contributed by atoms with E-state index in [2.05, 4.69) is 15.9 Å². The van der Waals surface area contributed by atoms with Crippen LogP contribution in [0.3, 0.4) is 0 Å². The number of ether oxygens (including phenoxy) is 1. The van der Waals surface area contributed by atoms with Crippen molar-refractivity contribution in [3.8, 4) is 0 Å². The summed E-state index contributed by atoms with van der Waals surface area (Å²) in [6.45, 7) is 6.80. The number of piperidine rings is 1. The molecule has 1 aliphatic heterocycles. The van der Waals surface area contributed by atoms with Gasteiger partial charge in [0.05, 0.1) is 0 Å². The lowest BCUT2D eigenvalue weighted by Gasteiger charge is -2.34. The summed E-state index contributed by atoms with van der Waals surface area (Å²) in [7, 11) is 0. The Bertz CT molecular complexity index is 846. The summed E-state index contributed by atoms with van der Waals surface area (Å²) in [5, 5.41) is 1.65. The van der Waals surface area contributed by atoms with Crippen molar-refractivity contribution in [2.45, 2.75) is 45.3 Å². The topological polar surface area (TPSA) is 51.5 Å². The highest BCUT2D eigenvalue weighted by Gasteiger charge is 2.27. The Kier molecular flexibility index (Phi) is 4.91. The highest BCUT2D eigenvalue weighted by Crippen LogP contribution is 2.24. The van der Waals surface area contributed by atoms with E-state index >= 15 is 0 Å². The summed E-state index contributed by atoms with van der Waals surface area (Å²) in [6.07, 6.45) is 3.09. The van der Waals surface area contributed by atoms with E-state index in [1.54, 1.807) is 4.90 Å². The number of carbonyl (C=O) groups excluding carboxylic acids is 1. The second-order valence-electron chi connectivity index (χ2n) is 7.46. The third-order valence-electron chi connectivity index (χ3n) is 4.40. The van der Waals surface area contributed by atoms with Crippen LogP contribution in [0.15, 0.2) is 39.7 Å². The first-order valence-electron chi connectivity index (χ1n) is 8.53. The molecule has 134 valence electrons. The molecule has 1 aromatic heterocycles. The van der Waals surface area contributed by atoms with Gasteiger partial charge < -0.3 is 14.2 Å². The number of pyridine rings is 1. The van der Waals surface area contributed by atoms with Gasteiger partial charge in [-0.1, -0.05) is 15.9 Å². The van der Waals surface area contributed by atoms with Crippen LogP contribution in [0.25, 0.3) is 10.8 Å². The van der Waals surface area contributed by atoms with E-state index in [4.69, 9.17) is 4.74 Å². The van der Waals surface area contributed by atoms with Crippen LogP contribution in [0.1, 0.15) is 39.7 Å². The van der Waals surface area contributed by atoms with Gasteiger partial charge in [-0.2, -0.15) is 0 Å². The van der Waals surface area contributed by atoms with Crippen LogP contribution >= 0.6 is 15.9 Å². The van der Waals surface area contributed by atoms with E-state index in [0.29, 0.717) is 13.1 Å². The third kappa shape index (κ3) is 4.06. The molecule has 2 aromatic rings. The Balaban J connectivity index is 1.74. The fourth-order valence-corrected chi connectivity index (χ4v) is 3.55. The number of nitrogens with zero attached hydrogens (tertiary/aromatic N) is 2. The van der Waals surface area contributed by atoms with Crippen molar-refractivity contribution in [1.29, 1.82) is 0 Å². The highest BCUT2D eigenvalue weighted by molar-refractivity contribution is 9.10. The Morgan fingerprint density at radius 1 is 1.20 bits per heavy atom. The maximum atomic E-state index is 12.8. The van der Waals surface area contributed by atoms with Crippen molar-refractivity contribution in [2.24, 2.45) is 0 Å². The molecule has 0 N–H and O–H groups in total. The summed E-state index contributed by atoms with van der Waals surface area (Å²) in [4.78, 5) is 26.7. The van der Waals surface area contributed by atoms with Crippen molar-refractivity contribution in [2.75, 3.05) is 13.1 Å². The molecule has 0 bridgehead atoms. The maximum Gasteiger partial charge on any atom is 0.410 e. The van der Waals surface area contributed by atoms with Gasteiger partial charge in [-0.15, -0.1) is 0 Å². The summed E-state index contributed by atoms with van der Waals surface area (Å²) in [6, 6.07) is 7.78. The van der Waals surface area contributed by atoms with E-state index in [9.17, 15) is 9.59 Å². The lowest BCUT2D eigenvalue weighted by Crippen LogP contribution is -2.43. The number of rotatable bonds is 1. The summed E-state index contributed by atoms with van der Waals surface area (Å²) >= 11 is 3.43. The molecule has 0 aliphatic carbocycles. The fraction of sp³-hybridized carbons (Fsp3) is 0.474. The minimum Gasteiger partial charge on any atom is -0.444 e. The van der Waals surface area contributed by atoms with E-state index < -0.39 is 5.60 Å². The van der Waals surface area contributed by atoms with Crippen molar-refractivity contribution in [1.82, 2.24) is 9.47 Å². The van der Waals surface area contributed by atoms with Gasteiger partial charge in [0.15, 0.2) is 0 Å². The quantitative estimate of drug-likeness (QED) is 0.707. The molecule has 0 spiro atoms. The lowest BCUT2D eigenvalue weighted by molar-refractivity contribution is 0.0187. The van der Waals surface area contributed by atoms with E-state index in [1.807, 2.05) is 55.8 Å². The zero-order valence-corrected chi connectivity index (χ0v) is 16.4. The van der Waals surface area contributed by atoms with Crippen LogP contribution in [0, 0.1) is 0 Å². The smallest absolute Gasteiger partial charge is 0.410 e. The minimum atomic E-state index is -0.489. The number of likely N-dealkylation sites (tertiary alicyclic amines) is 1. The molecule has 1 aliphatic rings. The van der Waals surface area contributed by atoms with Crippen molar-refractivity contribution >= 4 is 32.8 Å². The fourth-order valence-electron chi connectivity index (χ4n) is 3.17. The lowest BCUT2D eigenvalue weighted by atomic mass is 10.0. The second kappa shape index (κ2) is 6.83. The van der Waals surface area contributed by atoms with Gasteiger partial charge in [0.2, 0.25) is 0 Å². The second-order valence-corrected chi connectivity index (χ2v) is 8.37. The van der Waals surface area contributed by atoms with Crippen LogP contribution in [0.4, 0.5) is 4.79 Å². The van der Waals surface area contributed by atoms with Gasteiger partial charge in [-0.25, -0.2) is 4.79 Å².